The van der Waals surface area contributed by atoms with Crippen LogP contribution in [0.5, 0.6) is 11.5 Å². The van der Waals surface area contributed by atoms with Crippen LogP contribution in [0.2, 0.25) is 5.02 Å². The van der Waals surface area contributed by atoms with Gasteiger partial charge in [0.25, 0.3) is 0 Å². The number of methoxy groups -OCH3 is 2. The molecule has 0 saturated carbocycles. The van der Waals surface area contributed by atoms with Crippen molar-refractivity contribution in [2.75, 3.05) is 14.2 Å². The van der Waals surface area contributed by atoms with Gasteiger partial charge in [0.05, 0.1) is 31.9 Å². The zero-order valence-electron chi connectivity index (χ0n) is 20.7. The molecule has 0 saturated heterocycles. The predicted octanol–water partition coefficient (Wildman–Crippen LogP) is 6.40. The van der Waals surface area contributed by atoms with E-state index in [1.165, 1.54) is 16.4 Å². The van der Waals surface area contributed by atoms with E-state index in [9.17, 15) is 8.42 Å². The van der Waals surface area contributed by atoms with E-state index < -0.39 is 10.0 Å². The first-order valence-electron chi connectivity index (χ1n) is 11.4. The Hall–Kier alpha value is -3.59. The third-order valence-electron chi connectivity index (χ3n) is 5.66. The van der Waals surface area contributed by atoms with E-state index in [2.05, 4.69) is 4.99 Å². The molecule has 37 heavy (non-hydrogen) atoms. The van der Waals surface area contributed by atoms with Crippen molar-refractivity contribution in [3.05, 3.63) is 107 Å². The van der Waals surface area contributed by atoms with Gasteiger partial charge < -0.3 is 13.9 Å². The molecule has 0 aliphatic carbocycles. The molecule has 0 unspecified atom stereocenters. The van der Waals surface area contributed by atoms with Crippen LogP contribution >= 0.6 is 11.6 Å². The molecule has 0 aliphatic heterocycles. The summed E-state index contributed by atoms with van der Waals surface area (Å²) in [5.74, 6) is 2.17. The molecule has 9 heteroatoms. The lowest BCUT2D eigenvalue weighted by Crippen LogP contribution is -2.30. The molecule has 0 spiro atoms. The summed E-state index contributed by atoms with van der Waals surface area (Å²) in [4.78, 5) is 4.61. The maximum Gasteiger partial charge on any atom is 0.243 e. The third kappa shape index (κ3) is 6.60. The number of sulfonamides is 1. The number of halogens is 1. The van der Waals surface area contributed by atoms with Crippen molar-refractivity contribution in [1.82, 2.24) is 4.31 Å². The number of benzene rings is 3. The Labute approximate surface area is 222 Å². The van der Waals surface area contributed by atoms with E-state index in [-0.39, 0.29) is 18.0 Å². The van der Waals surface area contributed by atoms with Gasteiger partial charge in [-0.2, -0.15) is 4.31 Å². The average molecular weight is 539 g/mol. The number of aryl methyl sites for hydroxylation is 1. The van der Waals surface area contributed by atoms with E-state index >= 15 is 0 Å². The largest absolute Gasteiger partial charge is 0.497 e. The lowest BCUT2D eigenvalue weighted by atomic mass is 10.1. The van der Waals surface area contributed by atoms with Crippen LogP contribution in [0.25, 0.3) is 0 Å². The highest BCUT2D eigenvalue weighted by molar-refractivity contribution is 7.89. The summed E-state index contributed by atoms with van der Waals surface area (Å²) in [6.45, 7) is 2.20. The number of aliphatic imine (C=N–C) groups is 1. The summed E-state index contributed by atoms with van der Waals surface area (Å²) in [6, 6.07) is 22.7. The number of furan rings is 1. The standard InChI is InChI=1S/C28H27ClN2O5S/c1-20-4-6-21(7-5-20)18-31(37(32,33)26-13-8-22(29)9-14-26)19-25-11-10-24(36-25)17-30-27-15-12-23(34-2)16-28(27)35-3/h4-17H,18-19H2,1-3H3. The van der Waals surface area contributed by atoms with Gasteiger partial charge >= 0.3 is 0 Å². The second kappa shape index (κ2) is 11.6. The van der Waals surface area contributed by atoms with Crippen molar-refractivity contribution >= 4 is 33.5 Å². The van der Waals surface area contributed by atoms with Gasteiger partial charge in [0.15, 0.2) is 0 Å². The summed E-state index contributed by atoms with van der Waals surface area (Å²) in [5.41, 5.74) is 2.56. The van der Waals surface area contributed by atoms with Crippen molar-refractivity contribution < 1.29 is 22.3 Å². The number of hydrogen-bond acceptors (Lipinski definition) is 6. The molecule has 0 radical (unpaired) electrons. The highest BCUT2D eigenvalue weighted by atomic mass is 35.5. The van der Waals surface area contributed by atoms with E-state index in [0.29, 0.717) is 33.7 Å². The zero-order valence-corrected chi connectivity index (χ0v) is 22.3. The fourth-order valence-corrected chi connectivity index (χ4v) is 5.15. The van der Waals surface area contributed by atoms with Crippen molar-refractivity contribution in [1.29, 1.82) is 0 Å². The zero-order chi connectivity index (χ0) is 26.4. The fourth-order valence-electron chi connectivity index (χ4n) is 3.63. The Morgan fingerprint density at radius 3 is 2.32 bits per heavy atom. The van der Waals surface area contributed by atoms with E-state index in [1.807, 2.05) is 31.2 Å². The molecular formula is C28H27ClN2O5S. The Kier molecular flexibility index (Phi) is 8.33. The molecule has 192 valence electrons. The highest BCUT2D eigenvalue weighted by Gasteiger charge is 2.26. The Bertz CT molecular complexity index is 1480. The number of hydrogen-bond donors (Lipinski definition) is 0. The van der Waals surface area contributed by atoms with Gasteiger partial charge in [0.1, 0.15) is 28.7 Å². The molecule has 1 aromatic heterocycles. The van der Waals surface area contributed by atoms with Gasteiger partial charge in [-0.1, -0.05) is 41.4 Å². The van der Waals surface area contributed by atoms with Crippen LogP contribution in [-0.4, -0.2) is 33.2 Å². The van der Waals surface area contributed by atoms with Crippen molar-refractivity contribution in [2.45, 2.75) is 24.9 Å². The molecule has 0 bridgehead atoms. The Morgan fingerprint density at radius 1 is 0.919 bits per heavy atom. The number of nitrogens with zero attached hydrogens (tertiary/aromatic N) is 2. The molecule has 4 aromatic rings. The second-order valence-electron chi connectivity index (χ2n) is 8.31. The van der Waals surface area contributed by atoms with Crippen LogP contribution in [0.4, 0.5) is 5.69 Å². The molecule has 0 N–H and O–H groups in total. The van der Waals surface area contributed by atoms with Gasteiger partial charge in [-0.05, 0) is 61.0 Å². The van der Waals surface area contributed by atoms with Crippen LogP contribution in [0.1, 0.15) is 22.6 Å². The Morgan fingerprint density at radius 2 is 1.65 bits per heavy atom. The smallest absolute Gasteiger partial charge is 0.243 e. The van der Waals surface area contributed by atoms with Crippen molar-refractivity contribution in [3.8, 4) is 11.5 Å². The molecule has 0 aliphatic rings. The molecule has 7 nitrogen and oxygen atoms in total. The molecule has 3 aromatic carbocycles. The molecular weight excluding hydrogens is 512 g/mol. The van der Waals surface area contributed by atoms with Crippen LogP contribution < -0.4 is 9.47 Å². The minimum absolute atomic E-state index is 0.0402. The summed E-state index contributed by atoms with van der Waals surface area (Å²) in [5, 5.41) is 0.465. The van der Waals surface area contributed by atoms with Gasteiger partial charge in [0.2, 0.25) is 10.0 Å². The Balaban J connectivity index is 1.59. The highest BCUT2D eigenvalue weighted by Crippen LogP contribution is 2.31. The fraction of sp³-hybridized carbons (Fsp3) is 0.179. The topological polar surface area (TPSA) is 81.3 Å². The van der Waals surface area contributed by atoms with E-state index in [4.69, 9.17) is 25.5 Å². The predicted molar refractivity (Wildman–Crippen MR) is 145 cm³/mol. The van der Waals surface area contributed by atoms with Crippen LogP contribution in [-0.2, 0) is 23.1 Å². The third-order valence-corrected chi connectivity index (χ3v) is 7.72. The molecule has 0 atom stereocenters. The molecule has 1 heterocycles. The monoisotopic (exact) mass is 538 g/mol. The van der Waals surface area contributed by atoms with Gasteiger partial charge in [-0.25, -0.2) is 13.4 Å². The SMILES string of the molecule is COc1ccc(N=Cc2ccc(CN(Cc3ccc(C)cc3)S(=O)(=O)c3ccc(Cl)cc3)o2)c(OC)c1. The maximum atomic E-state index is 13.6. The minimum Gasteiger partial charge on any atom is -0.497 e. The first kappa shape index (κ1) is 26.5. The molecule has 0 fully saturated rings. The van der Waals surface area contributed by atoms with Crippen molar-refractivity contribution in [2.24, 2.45) is 4.99 Å². The molecule has 4 rings (SSSR count). The average Bonchev–Trinajstić information content (AvgIpc) is 3.35. The minimum atomic E-state index is -3.83. The summed E-state index contributed by atoms with van der Waals surface area (Å²) in [7, 11) is -0.695. The van der Waals surface area contributed by atoms with Crippen molar-refractivity contribution in [3.63, 3.8) is 0 Å². The number of ether oxygens (including phenoxy) is 2. The van der Waals surface area contributed by atoms with Crippen LogP contribution in [0.15, 0.2) is 93.2 Å². The summed E-state index contributed by atoms with van der Waals surface area (Å²) >= 11 is 5.98. The quantitative estimate of drug-likeness (QED) is 0.218. The first-order valence-corrected chi connectivity index (χ1v) is 13.3. The van der Waals surface area contributed by atoms with Crippen LogP contribution in [0.3, 0.4) is 0 Å². The summed E-state index contributed by atoms with van der Waals surface area (Å²) < 4.78 is 45.0. The van der Waals surface area contributed by atoms with Gasteiger partial charge in [-0.15, -0.1) is 0 Å². The van der Waals surface area contributed by atoms with Crippen LogP contribution in [0, 0.1) is 6.92 Å². The van der Waals surface area contributed by atoms with E-state index in [1.54, 1.807) is 62.9 Å². The normalized spacial score (nSPS) is 11.8. The van der Waals surface area contributed by atoms with E-state index in [0.717, 1.165) is 11.1 Å². The maximum absolute atomic E-state index is 13.6. The summed E-state index contributed by atoms with van der Waals surface area (Å²) in [6.07, 6.45) is 1.56. The van der Waals surface area contributed by atoms with Gasteiger partial charge in [-0.3, -0.25) is 0 Å². The first-order chi connectivity index (χ1) is 17.8. The lowest BCUT2D eigenvalue weighted by molar-refractivity contribution is 0.357. The lowest BCUT2D eigenvalue weighted by Gasteiger charge is -2.21. The molecule has 0 amide bonds. The van der Waals surface area contributed by atoms with Gasteiger partial charge in [0, 0.05) is 17.6 Å². The second-order valence-corrected chi connectivity index (χ2v) is 10.7. The number of rotatable bonds is 10.